The van der Waals surface area contributed by atoms with Crippen molar-refractivity contribution >= 4 is 5.82 Å². The van der Waals surface area contributed by atoms with Crippen molar-refractivity contribution in [3.8, 4) is 11.5 Å². The molecule has 0 amide bonds. The summed E-state index contributed by atoms with van der Waals surface area (Å²) in [6.45, 7) is 0.909. The second-order valence-corrected chi connectivity index (χ2v) is 7.64. The molecule has 29 heavy (non-hydrogen) atoms. The Morgan fingerprint density at radius 2 is 1.72 bits per heavy atom. The number of anilines is 1. The van der Waals surface area contributed by atoms with Crippen LogP contribution in [0, 0.1) is 11.8 Å². The molecule has 1 N–H and O–H groups in total. The molecule has 156 valence electrons. The third-order valence-electron chi connectivity index (χ3n) is 5.82. The molecule has 0 spiro atoms. The Morgan fingerprint density at radius 1 is 1.03 bits per heavy atom. The monoisotopic (exact) mass is 408 g/mol. The van der Waals surface area contributed by atoms with Crippen molar-refractivity contribution in [1.82, 2.24) is 4.98 Å². The van der Waals surface area contributed by atoms with Crippen molar-refractivity contribution < 1.29 is 27.8 Å². The van der Waals surface area contributed by atoms with Crippen LogP contribution < -0.4 is 14.4 Å². The van der Waals surface area contributed by atoms with Gasteiger partial charge in [-0.25, -0.2) is 4.98 Å². The molecular formula is C21H23F3N2O3. The molecule has 1 saturated heterocycles. The Morgan fingerprint density at radius 3 is 2.41 bits per heavy atom. The molecule has 1 aromatic heterocycles. The van der Waals surface area contributed by atoms with E-state index in [4.69, 9.17) is 9.47 Å². The second kappa shape index (κ2) is 7.74. The minimum absolute atomic E-state index is 0.0360. The zero-order valence-corrected chi connectivity index (χ0v) is 16.0. The van der Waals surface area contributed by atoms with Gasteiger partial charge >= 0.3 is 6.18 Å². The number of halogens is 3. The van der Waals surface area contributed by atoms with Gasteiger partial charge in [-0.1, -0.05) is 12.1 Å². The molecule has 1 aromatic carbocycles. The van der Waals surface area contributed by atoms with Gasteiger partial charge in [0.05, 0.1) is 18.8 Å². The first-order valence-electron chi connectivity index (χ1n) is 9.61. The number of aromatic nitrogens is 1. The lowest BCUT2D eigenvalue weighted by Crippen LogP contribution is -2.42. The Labute approximate surface area is 167 Å². The molecule has 1 saturated carbocycles. The lowest BCUT2D eigenvalue weighted by Gasteiger charge is -2.35. The maximum atomic E-state index is 13.4. The summed E-state index contributed by atoms with van der Waals surface area (Å²) in [6, 6.07) is 9.58. The topological polar surface area (TPSA) is 54.8 Å². The van der Waals surface area contributed by atoms with Gasteiger partial charge in [0.2, 0.25) is 0 Å². The summed E-state index contributed by atoms with van der Waals surface area (Å²) in [6.07, 6.45) is -3.14. The number of aliphatic hydroxyl groups excluding tert-OH is 1. The van der Waals surface area contributed by atoms with Crippen molar-refractivity contribution in [3.05, 3.63) is 48.2 Å². The van der Waals surface area contributed by atoms with Gasteiger partial charge in [-0.2, -0.15) is 13.2 Å². The number of fused-ring (bicyclic) bond motifs is 1. The van der Waals surface area contributed by atoms with Crippen LogP contribution in [0.2, 0.25) is 0 Å². The lowest BCUT2D eigenvalue weighted by atomic mass is 9.78. The van der Waals surface area contributed by atoms with E-state index in [1.807, 2.05) is 12.1 Å². The molecule has 1 aliphatic carbocycles. The average Bonchev–Trinajstić information content (AvgIpc) is 3.10. The summed E-state index contributed by atoms with van der Waals surface area (Å²) in [5, 5.41) is 10.6. The zero-order valence-electron chi connectivity index (χ0n) is 16.0. The number of nitrogens with zero attached hydrogens (tertiary/aromatic N) is 2. The van der Waals surface area contributed by atoms with Gasteiger partial charge in [0, 0.05) is 19.3 Å². The number of ether oxygens (including phenoxy) is 2. The van der Waals surface area contributed by atoms with E-state index >= 15 is 0 Å². The highest BCUT2D eigenvalue weighted by atomic mass is 19.4. The summed E-state index contributed by atoms with van der Waals surface area (Å²) in [4.78, 5) is 5.70. The Kier molecular flexibility index (Phi) is 5.29. The number of benzene rings is 1. The smallest absolute Gasteiger partial charge is 0.419 e. The first kappa shape index (κ1) is 19.8. The van der Waals surface area contributed by atoms with E-state index in [0.717, 1.165) is 6.07 Å². The number of methoxy groups -OCH3 is 1. The number of hydrogen-bond acceptors (Lipinski definition) is 5. The summed E-state index contributed by atoms with van der Waals surface area (Å²) in [5.41, 5.74) is -0.721. The third kappa shape index (κ3) is 3.99. The number of hydrogen-bond donors (Lipinski definition) is 1. The lowest BCUT2D eigenvalue weighted by molar-refractivity contribution is -0.137. The molecule has 8 heteroatoms. The van der Waals surface area contributed by atoms with E-state index < -0.39 is 23.9 Å². The molecule has 0 bridgehead atoms. The maximum Gasteiger partial charge on any atom is 0.419 e. The van der Waals surface area contributed by atoms with E-state index in [-0.39, 0.29) is 17.7 Å². The highest BCUT2D eigenvalue weighted by Crippen LogP contribution is 2.43. The van der Waals surface area contributed by atoms with E-state index in [1.165, 1.54) is 12.3 Å². The predicted molar refractivity (Wildman–Crippen MR) is 101 cm³/mol. The van der Waals surface area contributed by atoms with Crippen molar-refractivity contribution in [2.75, 3.05) is 25.1 Å². The molecule has 2 aromatic rings. The fourth-order valence-corrected chi connectivity index (χ4v) is 4.44. The first-order valence-corrected chi connectivity index (χ1v) is 9.61. The fraction of sp³-hybridized carbons (Fsp3) is 0.476. The zero-order chi connectivity index (χ0) is 20.6. The van der Waals surface area contributed by atoms with Gasteiger partial charge < -0.3 is 19.5 Å². The van der Waals surface area contributed by atoms with Crippen LogP contribution in [0.25, 0.3) is 0 Å². The molecular weight excluding hydrogens is 385 g/mol. The van der Waals surface area contributed by atoms with Gasteiger partial charge in [-0.3, -0.25) is 0 Å². The van der Waals surface area contributed by atoms with Crippen LogP contribution in [-0.2, 0) is 6.18 Å². The van der Waals surface area contributed by atoms with E-state index in [9.17, 15) is 18.3 Å². The summed E-state index contributed by atoms with van der Waals surface area (Å²) in [7, 11) is 1.55. The predicted octanol–water partition coefficient (Wildman–Crippen LogP) is 3.76. The number of pyridine rings is 1. The molecule has 4 rings (SSSR count). The van der Waals surface area contributed by atoms with Crippen LogP contribution in [0.4, 0.5) is 19.0 Å². The van der Waals surface area contributed by atoms with Gasteiger partial charge in [0.15, 0.2) is 11.5 Å². The molecule has 0 radical (unpaired) electrons. The minimum atomic E-state index is -4.45. The Bertz CT molecular complexity index is 861. The minimum Gasteiger partial charge on any atom is -0.493 e. The molecule has 2 aliphatic rings. The molecule has 0 unspecified atom stereocenters. The maximum absolute atomic E-state index is 13.4. The van der Waals surface area contributed by atoms with E-state index in [0.29, 0.717) is 37.4 Å². The molecule has 5 nitrogen and oxygen atoms in total. The van der Waals surface area contributed by atoms with Crippen LogP contribution in [0.15, 0.2) is 42.6 Å². The highest BCUT2D eigenvalue weighted by Gasteiger charge is 2.45. The number of aliphatic hydroxyl groups is 1. The van der Waals surface area contributed by atoms with E-state index in [1.54, 1.807) is 24.1 Å². The number of alkyl halides is 3. The van der Waals surface area contributed by atoms with Gasteiger partial charge in [-0.15, -0.1) is 0 Å². The van der Waals surface area contributed by atoms with Crippen LogP contribution in [-0.4, -0.2) is 42.5 Å². The van der Waals surface area contributed by atoms with Gasteiger partial charge in [0.25, 0.3) is 0 Å². The highest BCUT2D eigenvalue weighted by molar-refractivity contribution is 5.49. The number of rotatable bonds is 4. The third-order valence-corrected chi connectivity index (χ3v) is 5.82. The molecule has 2 heterocycles. The van der Waals surface area contributed by atoms with Crippen LogP contribution in [0.5, 0.6) is 11.5 Å². The molecule has 4 atom stereocenters. The first-order chi connectivity index (χ1) is 13.9. The largest absolute Gasteiger partial charge is 0.493 e. The summed E-state index contributed by atoms with van der Waals surface area (Å²) < 4.78 is 51.4. The van der Waals surface area contributed by atoms with E-state index in [2.05, 4.69) is 4.98 Å². The van der Waals surface area contributed by atoms with Crippen LogP contribution in [0.3, 0.4) is 0 Å². The van der Waals surface area contributed by atoms with Gasteiger partial charge in [-0.05, 0) is 48.9 Å². The summed E-state index contributed by atoms with van der Waals surface area (Å²) >= 11 is 0. The SMILES string of the molecule is COc1ccccc1O[C@@H]1C[C@@H]2CN(c3ncccc3C(F)(F)F)C[C@@H]2C[C@H]1O. The van der Waals surface area contributed by atoms with Crippen molar-refractivity contribution in [3.63, 3.8) is 0 Å². The Hall–Kier alpha value is -2.48. The fourth-order valence-electron chi connectivity index (χ4n) is 4.44. The Balaban J connectivity index is 1.50. The second-order valence-electron chi connectivity index (χ2n) is 7.64. The average molecular weight is 408 g/mol. The van der Waals surface area contributed by atoms with Crippen LogP contribution in [0.1, 0.15) is 18.4 Å². The quantitative estimate of drug-likeness (QED) is 0.835. The van der Waals surface area contributed by atoms with Crippen molar-refractivity contribution in [2.45, 2.75) is 31.2 Å². The normalized spacial score (nSPS) is 26.9. The van der Waals surface area contributed by atoms with Crippen molar-refractivity contribution in [1.29, 1.82) is 0 Å². The van der Waals surface area contributed by atoms with Crippen molar-refractivity contribution in [2.24, 2.45) is 11.8 Å². The van der Waals surface area contributed by atoms with Gasteiger partial charge in [0.1, 0.15) is 11.9 Å². The standard InChI is InChI=1S/C21H23F3N2O3/c1-28-17-6-2-3-7-18(17)29-19-10-14-12-26(11-13(14)9-16(19)27)20-15(21(22,23)24)5-4-8-25-20/h2-8,13-14,16,19,27H,9-12H2,1H3/t13-,14+,16+,19+/m0/s1. The molecule has 2 fully saturated rings. The van der Waals surface area contributed by atoms with Crippen LogP contribution >= 0.6 is 0 Å². The summed E-state index contributed by atoms with van der Waals surface area (Å²) in [5.74, 6) is 1.33. The number of para-hydroxylation sites is 2. The molecule has 1 aliphatic heterocycles.